The number of fused-ring (bicyclic) bond motifs is 2. The first kappa shape index (κ1) is 7.98. The number of nitrogens with zero attached hydrogens (tertiary/aromatic N) is 4. The third-order valence-electron chi connectivity index (χ3n) is 1.96. The van der Waals surface area contributed by atoms with Gasteiger partial charge in [-0.05, 0) is 6.07 Å². The molecule has 3 aromatic heterocycles. The summed E-state index contributed by atoms with van der Waals surface area (Å²) in [5.74, 6) is 0. The van der Waals surface area contributed by atoms with Crippen molar-refractivity contribution in [2.75, 3.05) is 0 Å². The van der Waals surface area contributed by atoms with Gasteiger partial charge in [-0.2, -0.15) is 0 Å². The van der Waals surface area contributed by atoms with Gasteiger partial charge in [0.25, 0.3) is 0 Å². The molecule has 0 saturated carbocycles. The SMILES string of the molecule is O=c1cc2nc3nccnc3cc2no1. The van der Waals surface area contributed by atoms with Gasteiger partial charge in [-0.3, -0.25) is 4.98 Å². The number of hydrogen-bond acceptors (Lipinski definition) is 6. The molecule has 0 saturated heterocycles. The van der Waals surface area contributed by atoms with Gasteiger partial charge in [0.2, 0.25) is 0 Å². The molecule has 3 rings (SSSR count). The predicted molar refractivity (Wildman–Crippen MR) is 51.2 cm³/mol. The van der Waals surface area contributed by atoms with Crippen LogP contribution >= 0.6 is 0 Å². The van der Waals surface area contributed by atoms with E-state index < -0.39 is 5.63 Å². The lowest BCUT2D eigenvalue weighted by Crippen LogP contribution is -1.99. The molecule has 0 aromatic carbocycles. The van der Waals surface area contributed by atoms with Crippen molar-refractivity contribution in [3.63, 3.8) is 0 Å². The lowest BCUT2D eigenvalue weighted by Gasteiger charge is -1.96. The minimum atomic E-state index is -0.529. The largest absolute Gasteiger partial charge is 0.360 e. The van der Waals surface area contributed by atoms with E-state index in [1.165, 1.54) is 6.07 Å². The van der Waals surface area contributed by atoms with E-state index in [4.69, 9.17) is 0 Å². The molecule has 0 aliphatic heterocycles. The second-order valence-corrected chi connectivity index (χ2v) is 2.94. The molecule has 0 fully saturated rings. The fourth-order valence-electron chi connectivity index (χ4n) is 1.32. The zero-order valence-electron chi connectivity index (χ0n) is 7.41. The Morgan fingerprint density at radius 2 is 1.87 bits per heavy atom. The lowest BCUT2D eigenvalue weighted by atomic mass is 10.3. The summed E-state index contributed by atoms with van der Waals surface area (Å²) < 4.78 is 4.50. The van der Waals surface area contributed by atoms with Crippen molar-refractivity contribution in [1.29, 1.82) is 0 Å². The van der Waals surface area contributed by atoms with E-state index in [1.807, 2.05) is 0 Å². The smallest absolute Gasteiger partial charge is 0.313 e. The standard InChI is InChI=1S/C9H4N4O2/c14-8-4-5-6(13-15-8)3-7-9(12-5)11-2-1-10-7/h1-4H. The maximum atomic E-state index is 10.9. The fourth-order valence-corrected chi connectivity index (χ4v) is 1.32. The first-order valence-corrected chi connectivity index (χ1v) is 4.21. The maximum absolute atomic E-state index is 10.9. The molecule has 0 atom stereocenters. The number of rotatable bonds is 0. The second-order valence-electron chi connectivity index (χ2n) is 2.94. The van der Waals surface area contributed by atoms with Gasteiger partial charge in [-0.1, -0.05) is 5.16 Å². The second kappa shape index (κ2) is 2.81. The van der Waals surface area contributed by atoms with Gasteiger partial charge in [0.1, 0.15) is 16.6 Å². The van der Waals surface area contributed by atoms with E-state index >= 15 is 0 Å². The summed E-state index contributed by atoms with van der Waals surface area (Å²) in [7, 11) is 0. The Morgan fingerprint density at radius 1 is 1.00 bits per heavy atom. The lowest BCUT2D eigenvalue weighted by molar-refractivity contribution is 0.382. The third-order valence-corrected chi connectivity index (χ3v) is 1.96. The monoisotopic (exact) mass is 200 g/mol. The van der Waals surface area contributed by atoms with E-state index in [0.29, 0.717) is 22.2 Å². The quantitative estimate of drug-likeness (QED) is 0.492. The van der Waals surface area contributed by atoms with E-state index in [0.717, 1.165) is 0 Å². The van der Waals surface area contributed by atoms with Crippen LogP contribution in [-0.2, 0) is 0 Å². The summed E-state index contributed by atoms with van der Waals surface area (Å²) in [6, 6.07) is 2.95. The van der Waals surface area contributed by atoms with Gasteiger partial charge >= 0.3 is 5.63 Å². The van der Waals surface area contributed by atoms with Crippen LogP contribution in [0.2, 0.25) is 0 Å². The Bertz CT molecular complexity index is 707. The van der Waals surface area contributed by atoms with Gasteiger partial charge in [0.05, 0.1) is 6.07 Å². The minimum absolute atomic E-state index is 0.458. The van der Waals surface area contributed by atoms with Crippen LogP contribution in [0.5, 0.6) is 0 Å². The van der Waals surface area contributed by atoms with E-state index in [1.54, 1.807) is 18.5 Å². The van der Waals surface area contributed by atoms with E-state index in [9.17, 15) is 4.79 Å². The van der Waals surface area contributed by atoms with Crippen molar-refractivity contribution in [2.45, 2.75) is 0 Å². The van der Waals surface area contributed by atoms with E-state index in [2.05, 4.69) is 24.6 Å². The number of hydrogen-bond donors (Lipinski definition) is 0. The highest BCUT2D eigenvalue weighted by Gasteiger charge is 2.03. The molecule has 0 aliphatic rings. The van der Waals surface area contributed by atoms with Crippen LogP contribution in [-0.4, -0.2) is 20.1 Å². The van der Waals surface area contributed by atoms with Crippen LogP contribution in [0, 0.1) is 0 Å². The molecule has 3 aromatic rings. The summed E-state index contributed by atoms with van der Waals surface area (Å²) in [6.07, 6.45) is 3.11. The molecule has 0 bridgehead atoms. The zero-order valence-corrected chi connectivity index (χ0v) is 7.41. The summed E-state index contributed by atoms with van der Waals surface area (Å²) >= 11 is 0. The van der Waals surface area contributed by atoms with Gasteiger partial charge < -0.3 is 4.52 Å². The molecular weight excluding hydrogens is 196 g/mol. The first-order chi connectivity index (χ1) is 7.33. The van der Waals surface area contributed by atoms with Crippen LogP contribution in [0.25, 0.3) is 22.2 Å². The van der Waals surface area contributed by atoms with Gasteiger partial charge in [0.15, 0.2) is 5.65 Å². The molecular formula is C9H4N4O2. The summed E-state index contributed by atoms with van der Waals surface area (Å²) in [6.45, 7) is 0. The molecule has 6 heteroatoms. The van der Waals surface area contributed by atoms with Gasteiger partial charge in [-0.15, -0.1) is 0 Å². The van der Waals surface area contributed by atoms with Crippen LogP contribution in [0.4, 0.5) is 0 Å². The van der Waals surface area contributed by atoms with Gasteiger partial charge in [-0.25, -0.2) is 14.8 Å². The van der Waals surface area contributed by atoms with Crippen LogP contribution in [0.1, 0.15) is 0 Å². The Hall–Kier alpha value is -2.37. The number of aromatic nitrogens is 4. The Labute approximate surface area is 82.6 Å². The molecule has 0 spiro atoms. The topological polar surface area (TPSA) is 81.8 Å². The molecule has 72 valence electrons. The summed E-state index contributed by atoms with van der Waals surface area (Å²) in [5, 5.41) is 3.61. The highest BCUT2D eigenvalue weighted by Crippen LogP contribution is 2.11. The Kier molecular flexibility index (Phi) is 1.49. The van der Waals surface area contributed by atoms with Crippen molar-refractivity contribution < 1.29 is 4.52 Å². The highest BCUT2D eigenvalue weighted by molar-refractivity contribution is 5.85. The van der Waals surface area contributed by atoms with Crippen LogP contribution in [0.15, 0.2) is 33.8 Å². The summed E-state index contributed by atoms with van der Waals surface area (Å²) in [5.41, 5.74) is 1.52. The van der Waals surface area contributed by atoms with Gasteiger partial charge in [0, 0.05) is 12.4 Å². The zero-order chi connectivity index (χ0) is 10.3. The Balaban J connectivity index is 2.53. The Morgan fingerprint density at radius 3 is 2.80 bits per heavy atom. The van der Waals surface area contributed by atoms with E-state index in [-0.39, 0.29) is 0 Å². The summed E-state index contributed by atoms with van der Waals surface area (Å²) in [4.78, 5) is 23.2. The predicted octanol–water partition coefficient (Wildman–Crippen LogP) is 0.526. The third kappa shape index (κ3) is 1.23. The fraction of sp³-hybridized carbons (Fsp3) is 0. The van der Waals surface area contributed by atoms with Crippen molar-refractivity contribution in [3.05, 3.63) is 34.9 Å². The molecule has 15 heavy (non-hydrogen) atoms. The molecule has 3 heterocycles. The normalized spacial score (nSPS) is 10.9. The minimum Gasteiger partial charge on any atom is -0.313 e. The number of pyridine rings is 1. The molecule has 0 unspecified atom stereocenters. The van der Waals surface area contributed by atoms with Crippen molar-refractivity contribution in [2.24, 2.45) is 0 Å². The van der Waals surface area contributed by atoms with Crippen LogP contribution < -0.4 is 5.63 Å². The molecule has 0 radical (unpaired) electrons. The average molecular weight is 200 g/mol. The van der Waals surface area contributed by atoms with Crippen molar-refractivity contribution in [3.8, 4) is 0 Å². The van der Waals surface area contributed by atoms with Crippen molar-refractivity contribution >= 4 is 22.2 Å². The molecule has 0 N–H and O–H groups in total. The van der Waals surface area contributed by atoms with Crippen LogP contribution in [0.3, 0.4) is 0 Å². The van der Waals surface area contributed by atoms with Crippen molar-refractivity contribution in [1.82, 2.24) is 20.1 Å². The molecule has 0 aliphatic carbocycles. The highest BCUT2D eigenvalue weighted by atomic mass is 16.5. The molecule has 6 nitrogen and oxygen atoms in total. The first-order valence-electron chi connectivity index (χ1n) is 4.21. The average Bonchev–Trinajstić information content (AvgIpc) is 2.26. The maximum Gasteiger partial charge on any atom is 0.360 e. The molecule has 0 amide bonds.